The third-order valence-corrected chi connectivity index (χ3v) is 4.74. The van der Waals surface area contributed by atoms with Crippen LogP contribution in [0.2, 0.25) is 0 Å². The maximum atomic E-state index is 12.5. The van der Waals surface area contributed by atoms with Gasteiger partial charge in [0.1, 0.15) is 0 Å². The van der Waals surface area contributed by atoms with Crippen molar-refractivity contribution in [2.45, 2.75) is 39.2 Å². The first-order chi connectivity index (χ1) is 9.49. The number of thiazole rings is 1. The highest BCUT2D eigenvalue weighted by Crippen LogP contribution is 2.32. The predicted molar refractivity (Wildman–Crippen MR) is 76.4 cm³/mol. The summed E-state index contributed by atoms with van der Waals surface area (Å²) >= 11 is 1.57. The van der Waals surface area contributed by atoms with Crippen molar-refractivity contribution < 1.29 is 14.7 Å². The van der Waals surface area contributed by atoms with Crippen LogP contribution in [0.3, 0.4) is 0 Å². The molecule has 0 radical (unpaired) electrons. The molecular formula is C14H20N2O3S. The lowest BCUT2D eigenvalue weighted by molar-refractivity contribution is -0.152. The molecular weight excluding hydrogens is 276 g/mol. The summed E-state index contributed by atoms with van der Waals surface area (Å²) in [5, 5.41) is 10.2. The Hall–Kier alpha value is -1.43. The van der Waals surface area contributed by atoms with E-state index >= 15 is 0 Å². The second kappa shape index (κ2) is 6.35. The molecule has 0 saturated heterocycles. The van der Waals surface area contributed by atoms with Crippen LogP contribution < -0.4 is 0 Å². The van der Waals surface area contributed by atoms with Crippen LogP contribution in [0.1, 0.15) is 35.6 Å². The molecule has 0 aromatic carbocycles. The maximum Gasteiger partial charge on any atom is 0.307 e. The molecule has 1 heterocycles. The van der Waals surface area contributed by atoms with Gasteiger partial charge in [0.2, 0.25) is 5.91 Å². The molecule has 2 atom stereocenters. The summed E-state index contributed by atoms with van der Waals surface area (Å²) in [4.78, 5) is 30.6. The van der Waals surface area contributed by atoms with E-state index in [-0.39, 0.29) is 11.8 Å². The zero-order valence-electron chi connectivity index (χ0n) is 11.8. The number of carbonyl (C=O) groups is 2. The van der Waals surface area contributed by atoms with E-state index in [0.717, 1.165) is 22.7 Å². The fourth-order valence-corrected chi connectivity index (χ4v) is 3.64. The van der Waals surface area contributed by atoms with Crippen molar-refractivity contribution in [3.05, 3.63) is 16.1 Å². The number of hydrogen-bond acceptors (Lipinski definition) is 4. The average Bonchev–Trinajstić information content (AvgIpc) is 2.83. The van der Waals surface area contributed by atoms with Crippen LogP contribution in [0.25, 0.3) is 0 Å². The number of aromatic nitrogens is 1. The molecule has 1 saturated carbocycles. The number of carbonyl (C=O) groups excluding carboxylic acids is 1. The van der Waals surface area contributed by atoms with Gasteiger partial charge in [0, 0.05) is 18.1 Å². The number of aryl methyl sites for hydroxylation is 1. The number of rotatable bonds is 4. The third kappa shape index (κ3) is 3.36. The third-order valence-electron chi connectivity index (χ3n) is 3.84. The van der Waals surface area contributed by atoms with Gasteiger partial charge in [0.25, 0.3) is 0 Å². The molecule has 1 amide bonds. The first-order valence-corrected chi connectivity index (χ1v) is 7.69. The van der Waals surface area contributed by atoms with E-state index in [9.17, 15) is 14.7 Å². The first kappa shape index (κ1) is 15.0. The summed E-state index contributed by atoms with van der Waals surface area (Å²) in [6.07, 6.45) is 4.91. The number of aliphatic carboxylic acids is 1. The van der Waals surface area contributed by atoms with E-state index in [1.54, 1.807) is 29.5 Å². The van der Waals surface area contributed by atoms with Crippen molar-refractivity contribution in [2.24, 2.45) is 11.8 Å². The molecule has 0 bridgehead atoms. The van der Waals surface area contributed by atoms with Crippen LogP contribution in [-0.2, 0) is 16.1 Å². The molecule has 6 heteroatoms. The van der Waals surface area contributed by atoms with Gasteiger partial charge in [-0.1, -0.05) is 12.8 Å². The molecule has 110 valence electrons. The highest BCUT2D eigenvalue weighted by atomic mass is 32.1. The van der Waals surface area contributed by atoms with Gasteiger partial charge in [-0.05, 0) is 19.8 Å². The zero-order chi connectivity index (χ0) is 14.7. The van der Waals surface area contributed by atoms with Crippen LogP contribution in [0, 0.1) is 18.8 Å². The van der Waals surface area contributed by atoms with Crippen molar-refractivity contribution in [1.29, 1.82) is 0 Å². The van der Waals surface area contributed by atoms with Gasteiger partial charge in [0.05, 0.1) is 23.4 Å². The zero-order valence-corrected chi connectivity index (χ0v) is 12.7. The summed E-state index contributed by atoms with van der Waals surface area (Å²) < 4.78 is 0. The summed E-state index contributed by atoms with van der Waals surface area (Å²) in [6, 6.07) is 0. The summed E-state index contributed by atoms with van der Waals surface area (Å²) in [5.41, 5.74) is 0. The van der Waals surface area contributed by atoms with Gasteiger partial charge in [-0.3, -0.25) is 9.59 Å². The Kier molecular flexibility index (Phi) is 4.75. The molecule has 1 N–H and O–H groups in total. The fourth-order valence-electron chi connectivity index (χ4n) is 2.80. The van der Waals surface area contributed by atoms with Crippen LogP contribution in [0.5, 0.6) is 0 Å². The van der Waals surface area contributed by atoms with Crippen LogP contribution in [-0.4, -0.2) is 33.9 Å². The van der Waals surface area contributed by atoms with Crippen molar-refractivity contribution in [3.8, 4) is 0 Å². The molecule has 0 unspecified atom stereocenters. The summed E-state index contributed by atoms with van der Waals surface area (Å²) in [7, 11) is 1.74. The lowest BCUT2D eigenvalue weighted by atomic mass is 9.78. The Morgan fingerprint density at radius 2 is 2.05 bits per heavy atom. The monoisotopic (exact) mass is 296 g/mol. The Bertz CT molecular complexity index is 500. The second-order valence-corrected chi connectivity index (χ2v) is 6.69. The highest BCUT2D eigenvalue weighted by molar-refractivity contribution is 7.11. The fraction of sp³-hybridized carbons (Fsp3) is 0.643. The van der Waals surface area contributed by atoms with Gasteiger partial charge in [0.15, 0.2) is 0 Å². The van der Waals surface area contributed by atoms with E-state index in [4.69, 9.17) is 0 Å². The molecule has 2 rings (SSSR count). The number of nitrogens with zero attached hydrogens (tertiary/aromatic N) is 2. The second-order valence-electron chi connectivity index (χ2n) is 5.38. The van der Waals surface area contributed by atoms with E-state index < -0.39 is 11.9 Å². The van der Waals surface area contributed by atoms with Crippen LogP contribution in [0.4, 0.5) is 0 Å². The molecule has 1 aromatic rings. The summed E-state index contributed by atoms with van der Waals surface area (Å²) in [5.74, 6) is -1.80. The molecule has 0 aliphatic heterocycles. The minimum Gasteiger partial charge on any atom is -0.481 e. The highest BCUT2D eigenvalue weighted by Gasteiger charge is 2.37. The summed E-state index contributed by atoms with van der Waals surface area (Å²) in [6.45, 7) is 2.44. The minimum absolute atomic E-state index is 0.0526. The number of carboxylic acids is 1. The quantitative estimate of drug-likeness (QED) is 0.925. The van der Waals surface area contributed by atoms with Gasteiger partial charge in [-0.25, -0.2) is 4.98 Å². The van der Waals surface area contributed by atoms with Crippen LogP contribution in [0.15, 0.2) is 6.20 Å². The van der Waals surface area contributed by atoms with Crippen molar-refractivity contribution in [1.82, 2.24) is 9.88 Å². The van der Waals surface area contributed by atoms with Gasteiger partial charge >= 0.3 is 5.97 Å². The van der Waals surface area contributed by atoms with Gasteiger partial charge in [-0.2, -0.15) is 0 Å². The standard InChI is InChI=1S/C14H20N2O3S/c1-9-15-7-10(20-9)8-16(2)13(17)11-5-3-4-6-12(11)14(18)19/h7,11-12H,3-6,8H2,1-2H3,(H,18,19)/t11-,12+/m1/s1. The number of carboxylic acid groups (broad SMARTS) is 1. The minimum atomic E-state index is -0.843. The number of amides is 1. The first-order valence-electron chi connectivity index (χ1n) is 6.88. The average molecular weight is 296 g/mol. The lowest BCUT2D eigenvalue weighted by Crippen LogP contribution is -2.40. The van der Waals surface area contributed by atoms with E-state index in [0.29, 0.717) is 19.4 Å². The molecule has 1 aromatic heterocycles. The molecule has 5 nitrogen and oxygen atoms in total. The van der Waals surface area contributed by atoms with Crippen molar-refractivity contribution >= 4 is 23.2 Å². The smallest absolute Gasteiger partial charge is 0.307 e. The molecule has 1 aliphatic rings. The SMILES string of the molecule is Cc1ncc(CN(C)C(=O)[C@@H]2CCCC[C@@H]2C(=O)O)s1. The molecule has 0 spiro atoms. The molecule has 1 fully saturated rings. The Balaban J connectivity index is 2.02. The molecule has 1 aliphatic carbocycles. The predicted octanol–water partition coefficient (Wildman–Crippen LogP) is 2.30. The number of hydrogen-bond donors (Lipinski definition) is 1. The Morgan fingerprint density at radius 1 is 1.40 bits per heavy atom. The topological polar surface area (TPSA) is 70.5 Å². The van der Waals surface area contributed by atoms with Gasteiger partial charge < -0.3 is 10.0 Å². The van der Waals surface area contributed by atoms with Crippen LogP contribution >= 0.6 is 11.3 Å². The lowest BCUT2D eigenvalue weighted by Gasteiger charge is -2.30. The normalized spacial score (nSPS) is 22.5. The van der Waals surface area contributed by atoms with E-state index in [2.05, 4.69) is 4.98 Å². The largest absolute Gasteiger partial charge is 0.481 e. The van der Waals surface area contributed by atoms with E-state index in [1.165, 1.54) is 0 Å². The Labute approximate surface area is 122 Å². The van der Waals surface area contributed by atoms with E-state index in [1.807, 2.05) is 6.92 Å². The Morgan fingerprint density at radius 3 is 2.60 bits per heavy atom. The van der Waals surface area contributed by atoms with Crippen molar-refractivity contribution in [2.75, 3.05) is 7.05 Å². The van der Waals surface area contributed by atoms with Crippen molar-refractivity contribution in [3.63, 3.8) is 0 Å². The molecule has 20 heavy (non-hydrogen) atoms. The maximum absolute atomic E-state index is 12.5. The van der Waals surface area contributed by atoms with Gasteiger partial charge in [-0.15, -0.1) is 11.3 Å².